The van der Waals surface area contributed by atoms with Gasteiger partial charge in [-0.05, 0) is 48.0 Å². The average molecular weight is 267 g/mol. The van der Waals surface area contributed by atoms with E-state index < -0.39 is 0 Å². The first-order chi connectivity index (χ1) is 9.47. The van der Waals surface area contributed by atoms with Crippen LogP contribution in [0.5, 0.6) is 0 Å². The van der Waals surface area contributed by atoms with Crippen LogP contribution in [0.15, 0.2) is 54.7 Å². The molecule has 0 unspecified atom stereocenters. The highest BCUT2D eigenvalue weighted by Gasteiger charge is 2.10. The van der Waals surface area contributed by atoms with Gasteiger partial charge in [-0.15, -0.1) is 0 Å². The summed E-state index contributed by atoms with van der Waals surface area (Å²) in [6, 6.07) is 13.5. The fraction of sp³-hybridized carbons (Fsp3) is 0.176. The van der Waals surface area contributed by atoms with E-state index in [9.17, 15) is 4.79 Å². The number of carbonyl (C=O) groups is 1. The number of aromatic nitrogens is 1. The van der Waals surface area contributed by atoms with Crippen LogP contribution in [0.3, 0.4) is 0 Å². The maximum Gasteiger partial charge on any atom is 0.204 e. The molecule has 0 radical (unpaired) electrons. The molecule has 1 aromatic carbocycles. The lowest BCUT2D eigenvalue weighted by atomic mass is 10.1. The minimum absolute atomic E-state index is 0.0821. The van der Waals surface area contributed by atoms with Crippen molar-refractivity contribution >= 4 is 17.5 Å². The van der Waals surface area contributed by atoms with Crippen molar-refractivity contribution < 1.29 is 4.79 Å². The fourth-order valence-corrected chi connectivity index (χ4v) is 1.80. The van der Waals surface area contributed by atoms with Gasteiger partial charge >= 0.3 is 0 Å². The first-order valence-electron chi connectivity index (χ1n) is 6.52. The van der Waals surface area contributed by atoms with E-state index in [1.54, 1.807) is 24.4 Å². The number of hydrogen-bond donors (Lipinski definition) is 0. The van der Waals surface area contributed by atoms with Crippen LogP contribution >= 0.6 is 0 Å². The molecule has 2 rings (SSSR count). The van der Waals surface area contributed by atoms with Gasteiger partial charge in [0.15, 0.2) is 0 Å². The molecule has 0 atom stereocenters. The van der Waals surface area contributed by atoms with E-state index >= 15 is 0 Å². The highest BCUT2D eigenvalue weighted by molar-refractivity contribution is 6.05. The molecule has 0 aliphatic heterocycles. The maximum absolute atomic E-state index is 11.9. The quantitative estimate of drug-likeness (QED) is 0.484. The molecule has 0 amide bonds. The number of rotatable bonds is 4. The van der Waals surface area contributed by atoms with Crippen LogP contribution < -0.4 is 4.48 Å². The van der Waals surface area contributed by atoms with E-state index in [4.69, 9.17) is 0 Å². The standard InChI is InChI=1S/C17H19N2O/c1-19(2,3)15-10-7-14(8-11-15)9-12-17(20)16-6-4-5-13-18-16/h4-13H,1-3H3/q+1/b12-9+. The topological polar surface area (TPSA) is 30.0 Å². The number of nitrogens with zero attached hydrogens (tertiary/aromatic N) is 2. The van der Waals surface area contributed by atoms with Gasteiger partial charge in [0.25, 0.3) is 0 Å². The molecule has 0 bridgehead atoms. The Balaban J connectivity index is 2.11. The van der Waals surface area contributed by atoms with Gasteiger partial charge in [-0.25, -0.2) is 0 Å². The van der Waals surface area contributed by atoms with E-state index in [-0.39, 0.29) is 5.78 Å². The number of ketones is 1. The smallest absolute Gasteiger partial charge is 0.204 e. The molecule has 1 aromatic heterocycles. The van der Waals surface area contributed by atoms with Crippen molar-refractivity contribution in [2.45, 2.75) is 0 Å². The van der Waals surface area contributed by atoms with Gasteiger partial charge < -0.3 is 0 Å². The zero-order chi connectivity index (χ0) is 14.6. The Morgan fingerprint density at radius 3 is 2.30 bits per heavy atom. The number of quaternary nitrogens is 1. The molecule has 3 nitrogen and oxygen atoms in total. The van der Waals surface area contributed by atoms with Crippen LogP contribution in [0.4, 0.5) is 5.69 Å². The first kappa shape index (κ1) is 14.2. The predicted octanol–water partition coefficient (Wildman–Crippen LogP) is 3.17. The largest absolute Gasteiger partial charge is 0.298 e. The summed E-state index contributed by atoms with van der Waals surface area (Å²) in [6.45, 7) is 0. The molecule has 0 aliphatic carbocycles. The Morgan fingerprint density at radius 1 is 1.05 bits per heavy atom. The molecule has 20 heavy (non-hydrogen) atoms. The van der Waals surface area contributed by atoms with Gasteiger partial charge in [0.2, 0.25) is 5.78 Å². The monoisotopic (exact) mass is 267 g/mol. The number of carbonyl (C=O) groups excluding carboxylic acids is 1. The second kappa shape index (κ2) is 5.80. The van der Waals surface area contributed by atoms with Crippen LogP contribution in [-0.4, -0.2) is 31.9 Å². The van der Waals surface area contributed by atoms with Crippen molar-refractivity contribution in [1.29, 1.82) is 0 Å². The summed E-state index contributed by atoms with van der Waals surface area (Å²) < 4.78 is 0.775. The van der Waals surface area contributed by atoms with E-state index in [0.717, 1.165) is 10.0 Å². The van der Waals surface area contributed by atoms with Crippen LogP contribution in [0.25, 0.3) is 6.08 Å². The van der Waals surface area contributed by atoms with Crippen LogP contribution in [0, 0.1) is 0 Å². The molecule has 0 aliphatic rings. The van der Waals surface area contributed by atoms with Crippen molar-refractivity contribution in [2.75, 3.05) is 21.1 Å². The summed E-state index contributed by atoms with van der Waals surface area (Å²) in [6.07, 6.45) is 5.00. The van der Waals surface area contributed by atoms with Gasteiger partial charge in [-0.1, -0.05) is 12.1 Å². The Labute approximate surface area is 119 Å². The molecule has 0 fully saturated rings. The second-order valence-electron chi connectivity index (χ2n) is 5.52. The fourth-order valence-electron chi connectivity index (χ4n) is 1.80. The van der Waals surface area contributed by atoms with Gasteiger partial charge in [0.1, 0.15) is 11.4 Å². The summed E-state index contributed by atoms with van der Waals surface area (Å²) in [4.78, 5) is 15.9. The molecule has 102 valence electrons. The highest BCUT2D eigenvalue weighted by Crippen LogP contribution is 2.17. The van der Waals surface area contributed by atoms with Crippen LogP contribution in [0.2, 0.25) is 0 Å². The Hall–Kier alpha value is -2.26. The minimum atomic E-state index is -0.0821. The van der Waals surface area contributed by atoms with Crippen molar-refractivity contribution in [1.82, 2.24) is 9.47 Å². The number of benzene rings is 1. The van der Waals surface area contributed by atoms with Crippen molar-refractivity contribution in [3.05, 3.63) is 66.0 Å². The number of hydrogen-bond acceptors (Lipinski definition) is 2. The molecule has 0 saturated heterocycles. The van der Waals surface area contributed by atoms with Gasteiger partial charge in [0.05, 0.1) is 21.1 Å². The second-order valence-corrected chi connectivity index (χ2v) is 5.52. The lowest BCUT2D eigenvalue weighted by Crippen LogP contribution is -2.34. The number of pyridine rings is 1. The number of allylic oxidation sites excluding steroid dienone is 1. The Kier molecular flexibility index (Phi) is 4.11. The van der Waals surface area contributed by atoms with Crippen molar-refractivity contribution in [2.24, 2.45) is 0 Å². The lowest BCUT2D eigenvalue weighted by molar-refractivity contribution is 0.104. The summed E-state index contributed by atoms with van der Waals surface area (Å²) in [7, 11) is 6.36. The predicted molar refractivity (Wildman–Crippen MR) is 83.6 cm³/mol. The van der Waals surface area contributed by atoms with Gasteiger partial charge in [-0.2, -0.15) is 0 Å². The molecular formula is C17H19N2O+. The lowest BCUT2D eigenvalue weighted by Gasteiger charge is -2.23. The molecule has 0 spiro atoms. The third-order valence-corrected chi connectivity index (χ3v) is 3.01. The maximum atomic E-state index is 11.9. The molecule has 0 N–H and O–H groups in total. The van der Waals surface area contributed by atoms with E-state index in [0.29, 0.717) is 5.69 Å². The minimum Gasteiger partial charge on any atom is -0.298 e. The van der Waals surface area contributed by atoms with Crippen LogP contribution in [-0.2, 0) is 0 Å². The van der Waals surface area contributed by atoms with Crippen LogP contribution in [0.1, 0.15) is 16.1 Å². The highest BCUT2D eigenvalue weighted by atomic mass is 16.1. The van der Waals surface area contributed by atoms with E-state index in [1.807, 2.05) is 24.3 Å². The summed E-state index contributed by atoms with van der Waals surface area (Å²) in [5.74, 6) is -0.0821. The summed E-state index contributed by atoms with van der Waals surface area (Å²) in [5, 5.41) is 0. The first-order valence-corrected chi connectivity index (χ1v) is 6.52. The Morgan fingerprint density at radius 2 is 1.75 bits per heavy atom. The molecule has 3 heteroatoms. The molecule has 1 heterocycles. The van der Waals surface area contributed by atoms with E-state index in [1.165, 1.54) is 5.69 Å². The third-order valence-electron chi connectivity index (χ3n) is 3.01. The van der Waals surface area contributed by atoms with Gasteiger partial charge in [0, 0.05) is 6.20 Å². The molecule has 0 saturated carbocycles. The SMILES string of the molecule is C[N+](C)(C)c1ccc(/C=C/C(=O)c2ccccn2)cc1. The van der Waals surface area contributed by atoms with Crippen molar-refractivity contribution in [3.63, 3.8) is 0 Å². The van der Waals surface area contributed by atoms with Gasteiger partial charge in [-0.3, -0.25) is 14.3 Å². The normalized spacial score (nSPS) is 11.8. The zero-order valence-electron chi connectivity index (χ0n) is 12.1. The third kappa shape index (κ3) is 3.62. The van der Waals surface area contributed by atoms with Crippen molar-refractivity contribution in [3.8, 4) is 0 Å². The molecular weight excluding hydrogens is 248 g/mol. The summed E-state index contributed by atoms with van der Waals surface area (Å²) in [5.41, 5.74) is 2.69. The Bertz CT molecular complexity index is 608. The van der Waals surface area contributed by atoms with E-state index in [2.05, 4.69) is 38.3 Å². The average Bonchev–Trinajstić information content (AvgIpc) is 2.45. The zero-order valence-corrected chi connectivity index (χ0v) is 12.1. The summed E-state index contributed by atoms with van der Waals surface area (Å²) >= 11 is 0. The molecule has 2 aromatic rings.